The molecule has 5 nitrogen and oxygen atoms in total. The molecule has 0 radical (unpaired) electrons. The van der Waals surface area contributed by atoms with Crippen LogP contribution in [0.2, 0.25) is 5.02 Å². The summed E-state index contributed by atoms with van der Waals surface area (Å²) in [5, 5.41) is 18.9. The molecule has 1 aliphatic heterocycles. The van der Waals surface area contributed by atoms with Gasteiger partial charge in [0.1, 0.15) is 10.1 Å². The first-order chi connectivity index (χ1) is 11.9. The number of thioether (sulfide) groups is 1. The monoisotopic (exact) mass is 389 g/mol. The molecule has 0 unspecified atom stereocenters. The number of likely N-dealkylation sites (N-methyl/N-ethyl adjacent to an activating group) is 1. The molecule has 0 bridgehead atoms. The predicted molar refractivity (Wildman–Crippen MR) is 105 cm³/mol. The van der Waals surface area contributed by atoms with Crippen molar-refractivity contribution in [2.45, 2.75) is 0 Å². The van der Waals surface area contributed by atoms with E-state index in [9.17, 15) is 9.90 Å². The first-order valence-electron chi connectivity index (χ1n) is 7.16. The average Bonchev–Trinajstić information content (AvgIpc) is 2.82. The fourth-order valence-corrected chi connectivity index (χ4v) is 3.41. The fourth-order valence-electron chi connectivity index (χ4n) is 2.06. The van der Waals surface area contributed by atoms with Crippen molar-refractivity contribution in [2.24, 2.45) is 10.2 Å². The molecular formula is C17H12ClN3O2S2. The molecule has 0 spiro atoms. The summed E-state index contributed by atoms with van der Waals surface area (Å²) in [5.41, 5.74) is 1.61. The Bertz CT molecular complexity index is 928. The molecule has 126 valence electrons. The zero-order chi connectivity index (χ0) is 18.0. The normalized spacial score (nSPS) is 16.4. The number of thiocarbonyl (C=S) groups is 1. The van der Waals surface area contributed by atoms with Crippen LogP contribution in [-0.2, 0) is 4.79 Å². The summed E-state index contributed by atoms with van der Waals surface area (Å²) in [6, 6.07) is 11.8. The van der Waals surface area contributed by atoms with Crippen molar-refractivity contribution < 1.29 is 9.90 Å². The van der Waals surface area contributed by atoms with Gasteiger partial charge in [0, 0.05) is 23.7 Å². The van der Waals surface area contributed by atoms with Gasteiger partial charge in [-0.25, -0.2) is 0 Å². The third-order valence-corrected chi connectivity index (χ3v) is 5.10. The van der Waals surface area contributed by atoms with Crippen LogP contribution in [0.3, 0.4) is 0 Å². The third-order valence-electron chi connectivity index (χ3n) is 3.38. The summed E-state index contributed by atoms with van der Waals surface area (Å²) in [6.45, 7) is 0. The van der Waals surface area contributed by atoms with Crippen molar-refractivity contribution >= 4 is 63.3 Å². The minimum absolute atomic E-state index is 0.00363. The Balaban J connectivity index is 1.82. The molecule has 2 aromatic rings. The molecule has 1 N–H and O–H groups in total. The van der Waals surface area contributed by atoms with Crippen molar-refractivity contribution in [1.82, 2.24) is 4.90 Å². The zero-order valence-electron chi connectivity index (χ0n) is 13.0. The Kier molecular flexibility index (Phi) is 5.17. The first kappa shape index (κ1) is 17.6. The van der Waals surface area contributed by atoms with E-state index in [1.807, 2.05) is 0 Å². The lowest BCUT2D eigenvalue weighted by molar-refractivity contribution is -0.121. The Labute approximate surface area is 159 Å². The van der Waals surface area contributed by atoms with Gasteiger partial charge < -0.3 is 5.11 Å². The van der Waals surface area contributed by atoms with Gasteiger partial charge in [-0.1, -0.05) is 41.6 Å². The fraction of sp³-hybridized carbons (Fsp3) is 0.0588. The van der Waals surface area contributed by atoms with Gasteiger partial charge in [0.25, 0.3) is 5.91 Å². The lowest BCUT2D eigenvalue weighted by Gasteiger charge is -2.04. The molecule has 1 fully saturated rings. The number of aromatic hydroxyl groups is 1. The van der Waals surface area contributed by atoms with E-state index in [0.29, 0.717) is 31.2 Å². The van der Waals surface area contributed by atoms with Crippen LogP contribution in [0.25, 0.3) is 6.08 Å². The van der Waals surface area contributed by atoms with Gasteiger partial charge in [0.05, 0.1) is 16.3 Å². The van der Waals surface area contributed by atoms with E-state index < -0.39 is 0 Å². The van der Waals surface area contributed by atoms with E-state index in [4.69, 9.17) is 23.8 Å². The summed E-state index contributed by atoms with van der Waals surface area (Å²) in [4.78, 5) is 13.9. The molecule has 1 aliphatic rings. The number of hydrogen-bond donors (Lipinski definition) is 1. The summed E-state index contributed by atoms with van der Waals surface area (Å²) in [7, 11) is 1.62. The molecule has 2 aromatic carbocycles. The van der Waals surface area contributed by atoms with Gasteiger partial charge >= 0.3 is 0 Å². The second-order valence-electron chi connectivity index (χ2n) is 5.16. The molecule has 0 saturated carbocycles. The van der Waals surface area contributed by atoms with Crippen LogP contribution in [0, 0.1) is 0 Å². The number of benzene rings is 2. The van der Waals surface area contributed by atoms with E-state index in [2.05, 4.69) is 10.2 Å². The SMILES string of the molecule is CN1C(=O)/C(=C\c2ccc(N=Nc3cccc(Cl)c3)cc2O)SC1=S. The van der Waals surface area contributed by atoms with Gasteiger partial charge in [-0.3, -0.25) is 9.69 Å². The molecule has 8 heteroatoms. The number of azo groups is 1. The second kappa shape index (κ2) is 7.35. The van der Waals surface area contributed by atoms with Gasteiger partial charge in [0.2, 0.25) is 0 Å². The molecule has 1 saturated heterocycles. The minimum Gasteiger partial charge on any atom is -0.507 e. The van der Waals surface area contributed by atoms with Crippen LogP contribution in [0.5, 0.6) is 5.75 Å². The number of hydrogen-bond acceptors (Lipinski definition) is 6. The van der Waals surface area contributed by atoms with Crippen LogP contribution in [0.15, 0.2) is 57.6 Å². The Morgan fingerprint density at radius 2 is 1.92 bits per heavy atom. The lowest BCUT2D eigenvalue weighted by atomic mass is 10.1. The minimum atomic E-state index is -0.181. The number of rotatable bonds is 3. The predicted octanol–water partition coefficient (Wildman–Crippen LogP) is 5.29. The van der Waals surface area contributed by atoms with Crippen LogP contribution < -0.4 is 0 Å². The smallest absolute Gasteiger partial charge is 0.265 e. The quantitative estimate of drug-likeness (QED) is 0.440. The Morgan fingerprint density at radius 3 is 2.52 bits per heavy atom. The Morgan fingerprint density at radius 1 is 1.20 bits per heavy atom. The Hall–Kier alpha value is -2.22. The summed E-state index contributed by atoms with van der Waals surface area (Å²) < 4.78 is 0.489. The standard InChI is InChI=1S/C17H12ClN3O2S2/c1-21-16(23)15(25-17(21)24)7-10-5-6-13(9-14(10)22)20-19-12-4-2-3-11(18)8-12/h2-9,22H,1H3/b15-7+,20-19?. The van der Waals surface area contributed by atoms with Crippen molar-refractivity contribution in [1.29, 1.82) is 0 Å². The molecule has 0 aliphatic carbocycles. The molecular weight excluding hydrogens is 378 g/mol. The second-order valence-corrected chi connectivity index (χ2v) is 7.28. The highest BCUT2D eigenvalue weighted by Crippen LogP contribution is 2.34. The number of carbonyl (C=O) groups excluding carboxylic acids is 1. The zero-order valence-corrected chi connectivity index (χ0v) is 15.4. The maximum atomic E-state index is 12.0. The van der Waals surface area contributed by atoms with Crippen molar-refractivity contribution in [3.63, 3.8) is 0 Å². The largest absolute Gasteiger partial charge is 0.507 e. The third kappa shape index (κ3) is 4.07. The highest BCUT2D eigenvalue weighted by atomic mass is 35.5. The highest BCUT2D eigenvalue weighted by Gasteiger charge is 2.28. The maximum absolute atomic E-state index is 12.0. The number of phenols is 1. The molecule has 1 amide bonds. The lowest BCUT2D eigenvalue weighted by Crippen LogP contribution is -2.22. The van der Waals surface area contributed by atoms with Crippen LogP contribution in [-0.4, -0.2) is 27.3 Å². The van der Waals surface area contributed by atoms with E-state index in [0.717, 1.165) is 0 Å². The van der Waals surface area contributed by atoms with Crippen molar-refractivity contribution in [3.05, 3.63) is 58.0 Å². The number of amides is 1. The number of phenolic OH excluding ortho intramolecular Hbond substituents is 1. The number of nitrogens with zero attached hydrogens (tertiary/aromatic N) is 3. The first-order valence-corrected chi connectivity index (χ1v) is 8.76. The van der Waals surface area contributed by atoms with E-state index >= 15 is 0 Å². The van der Waals surface area contributed by atoms with Crippen LogP contribution >= 0.6 is 35.6 Å². The van der Waals surface area contributed by atoms with Crippen molar-refractivity contribution in [3.8, 4) is 5.75 Å². The molecule has 0 atom stereocenters. The number of halogens is 1. The van der Waals surface area contributed by atoms with Gasteiger partial charge in [-0.2, -0.15) is 10.2 Å². The van der Waals surface area contributed by atoms with Crippen LogP contribution in [0.4, 0.5) is 11.4 Å². The van der Waals surface area contributed by atoms with Crippen LogP contribution in [0.1, 0.15) is 5.56 Å². The van der Waals surface area contributed by atoms with E-state index in [-0.39, 0.29) is 11.7 Å². The molecule has 1 heterocycles. The summed E-state index contributed by atoms with van der Waals surface area (Å²) in [6.07, 6.45) is 1.61. The topological polar surface area (TPSA) is 65.3 Å². The molecule has 0 aromatic heterocycles. The van der Waals surface area contributed by atoms with Gasteiger partial charge in [0.15, 0.2) is 0 Å². The maximum Gasteiger partial charge on any atom is 0.265 e. The summed E-state index contributed by atoms with van der Waals surface area (Å²) >= 11 is 12.2. The molecule has 3 rings (SSSR count). The van der Waals surface area contributed by atoms with E-state index in [1.165, 1.54) is 22.7 Å². The molecule has 25 heavy (non-hydrogen) atoms. The number of carbonyl (C=O) groups is 1. The highest BCUT2D eigenvalue weighted by molar-refractivity contribution is 8.26. The summed E-state index contributed by atoms with van der Waals surface area (Å²) in [5.74, 6) is -0.178. The van der Waals surface area contributed by atoms with Gasteiger partial charge in [-0.05, 0) is 36.4 Å². The van der Waals surface area contributed by atoms with Gasteiger partial charge in [-0.15, -0.1) is 0 Å². The van der Waals surface area contributed by atoms with E-state index in [1.54, 1.807) is 49.5 Å². The average molecular weight is 390 g/mol. The van der Waals surface area contributed by atoms with Crippen molar-refractivity contribution in [2.75, 3.05) is 7.05 Å².